The maximum absolute atomic E-state index is 12.6. The van der Waals surface area contributed by atoms with Crippen LogP contribution in [0.2, 0.25) is 5.02 Å². The first kappa shape index (κ1) is 26.2. The lowest BCUT2D eigenvalue weighted by Crippen LogP contribution is -2.30. The predicted octanol–water partition coefficient (Wildman–Crippen LogP) is 3.92. The zero-order chi connectivity index (χ0) is 26.4. The number of likely N-dealkylation sites (N-methyl/N-ethyl adjacent to an activating group) is 1. The van der Waals surface area contributed by atoms with Gasteiger partial charge in [-0.25, -0.2) is 23.1 Å². The van der Waals surface area contributed by atoms with Crippen molar-refractivity contribution in [2.45, 2.75) is 18.4 Å². The number of benzene rings is 2. The van der Waals surface area contributed by atoms with Gasteiger partial charge in [-0.1, -0.05) is 41.9 Å². The molecule has 0 radical (unpaired) electrons. The quantitative estimate of drug-likeness (QED) is 0.325. The zero-order valence-electron chi connectivity index (χ0n) is 20.3. The van der Waals surface area contributed by atoms with E-state index in [4.69, 9.17) is 16.3 Å². The average Bonchev–Trinajstić information content (AvgIpc) is 3.26. The first-order chi connectivity index (χ1) is 17.7. The Bertz CT molecular complexity index is 1480. The van der Waals surface area contributed by atoms with Gasteiger partial charge >= 0.3 is 0 Å². The van der Waals surface area contributed by atoms with Crippen LogP contribution in [0.1, 0.15) is 21.9 Å². The van der Waals surface area contributed by atoms with Crippen molar-refractivity contribution in [2.75, 3.05) is 25.1 Å². The molecule has 0 spiro atoms. The highest BCUT2D eigenvalue weighted by Gasteiger charge is 2.21. The molecule has 9 nitrogen and oxygen atoms in total. The Morgan fingerprint density at radius 2 is 1.86 bits per heavy atom. The second kappa shape index (κ2) is 11.4. The van der Waals surface area contributed by atoms with E-state index >= 15 is 0 Å². The van der Waals surface area contributed by atoms with Gasteiger partial charge in [-0.3, -0.25) is 4.79 Å². The molecule has 0 bridgehead atoms. The number of pyridine rings is 1. The summed E-state index contributed by atoms with van der Waals surface area (Å²) in [6.45, 7) is 3.17. The van der Waals surface area contributed by atoms with Crippen LogP contribution in [0.25, 0.3) is 0 Å². The summed E-state index contributed by atoms with van der Waals surface area (Å²) in [6.07, 6.45) is 3.24. The molecule has 192 valence electrons. The molecule has 4 aromatic rings. The Balaban J connectivity index is 1.37. The number of amides is 1. The van der Waals surface area contributed by atoms with Gasteiger partial charge in [-0.15, -0.1) is 0 Å². The standard InChI is InChI=1S/C26H26ClN5O4S/c1-19-29-24(26(33)30-37(34,35)22-8-4-3-5-9-22)18-32(19)17-20-11-12-21(16-23(20)27)36-15-14-31(2)25-10-6-7-13-28-25/h3-13,16,18H,14-15,17H2,1-2H3,(H,30,33). The number of aromatic nitrogens is 3. The minimum absolute atomic E-state index is 0.00280. The number of hydrogen-bond acceptors (Lipinski definition) is 7. The van der Waals surface area contributed by atoms with Crippen LogP contribution < -0.4 is 14.4 Å². The summed E-state index contributed by atoms with van der Waals surface area (Å²) < 4.78 is 34.5. The smallest absolute Gasteiger partial charge is 0.285 e. The van der Waals surface area contributed by atoms with E-state index in [-0.39, 0.29) is 10.6 Å². The number of nitrogens with zero attached hydrogens (tertiary/aromatic N) is 4. The maximum Gasteiger partial charge on any atom is 0.285 e. The van der Waals surface area contributed by atoms with Crippen LogP contribution in [-0.2, 0) is 16.6 Å². The minimum Gasteiger partial charge on any atom is -0.492 e. The van der Waals surface area contributed by atoms with Crippen LogP contribution in [0.15, 0.2) is 84.0 Å². The molecule has 0 aliphatic carbocycles. The van der Waals surface area contributed by atoms with Gasteiger partial charge in [0.25, 0.3) is 15.9 Å². The number of anilines is 1. The molecule has 1 N–H and O–H groups in total. The Labute approximate surface area is 220 Å². The van der Waals surface area contributed by atoms with Crippen LogP contribution in [0.5, 0.6) is 5.75 Å². The first-order valence-electron chi connectivity index (χ1n) is 11.4. The highest BCUT2D eigenvalue weighted by atomic mass is 35.5. The molecule has 2 aromatic heterocycles. The molecule has 37 heavy (non-hydrogen) atoms. The Hall–Kier alpha value is -3.89. The fourth-order valence-electron chi connectivity index (χ4n) is 3.53. The number of carbonyl (C=O) groups excluding carboxylic acids is 1. The van der Waals surface area contributed by atoms with E-state index in [1.807, 2.05) is 42.3 Å². The lowest BCUT2D eigenvalue weighted by molar-refractivity contribution is 0.0977. The van der Waals surface area contributed by atoms with Crippen molar-refractivity contribution in [3.8, 4) is 5.75 Å². The summed E-state index contributed by atoms with van der Waals surface area (Å²) in [5, 5.41) is 0.501. The molecule has 2 heterocycles. The number of imidazole rings is 1. The lowest BCUT2D eigenvalue weighted by Gasteiger charge is -2.18. The van der Waals surface area contributed by atoms with Crippen LogP contribution in [-0.4, -0.2) is 49.1 Å². The lowest BCUT2D eigenvalue weighted by atomic mass is 10.2. The van der Waals surface area contributed by atoms with Crippen molar-refractivity contribution in [3.63, 3.8) is 0 Å². The Morgan fingerprint density at radius 3 is 2.57 bits per heavy atom. The molecule has 0 unspecified atom stereocenters. The van der Waals surface area contributed by atoms with E-state index in [0.29, 0.717) is 36.3 Å². The zero-order valence-corrected chi connectivity index (χ0v) is 21.9. The number of rotatable bonds is 10. The fourth-order valence-corrected chi connectivity index (χ4v) is 4.75. The van der Waals surface area contributed by atoms with E-state index in [1.54, 1.807) is 42.0 Å². The van der Waals surface area contributed by atoms with E-state index < -0.39 is 15.9 Å². The van der Waals surface area contributed by atoms with Gasteiger partial charge in [0.05, 0.1) is 18.0 Å². The third kappa shape index (κ3) is 6.66. The third-order valence-electron chi connectivity index (χ3n) is 5.59. The van der Waals surface area contributed by atoms with Gasteiger partial charge in [0.2, 0.25) is 0 Å². The van der Waals surface area contributed by atoms with Crippen molar-refractivity contribution in [2.24, 2.45) is 0 Å². The van der Waals surface area contributed by atoms with E-state index in [0.717, 1.165) is 11.4 Å². The molecule has 0 aliphatic heterocycles. The Morgan fingerprint density at radius 1 is 1.11 bits per heavy atom. The molecule has 0 saturated carbocycles. The molecule has 0 saturated heterocycles. The Kier molecular flexibility index (Phi) is 8.10. The van der Waals surface area contributed by atoms with Gasteiger partial charge in [-0.2, -0.15) is 0 Å². The number of sulfonamides is 1. The van der Waals surface area contributed by atoms with Gasteiger partial charge in [-0.05, 0) is 48.9 Å². The molecule has 11 heteroatoms. The largest absolute Gasteiger partial charge is 0.492 e. The predicted molar refractivity (Wildman–Crippen MR) is 142 cm³/mol. The summed E-state index contributed by atoms with van der Waals surface area (Å²) in [6, 6.07) is 18.8. The van der Waals surface area contributed by atoms with Crippen molar-refractivity contribution in [3.05, 3.63) is 101 Å². The average molecular weight is 540 g/mol. The SMILES string of the molecule is Cc1nc(C(=O)NS(=O)(=O)c2ccccc2)cn1Cc1ccc(OCCN(C)c2ccccn2)cc1Cl. The summed E-state index contributed by atoms with van der Waals surface area (Å²) in [7, 11) is -2.06. The molecule has 0 fully saturated rings. The fraction of sp³-hybridized carbons (Fsp3) is 0.192. The van der Waals surface area contributed by atoms with Crippen molar-refractivity contribution in [1.29, 1.82) is 0 Å². The number of carbonyl (C=O) groups is 1. The topological polar surface area (TPSA) is 106 Å². The number of halogens is 1. The van der Waals surface area contributed by atoms with E-state index in [9.17, 15) is 13.2 Å². The molecule has 4 rings (SSSR count). The number of aryl methyl sites for hydroxylation is 1. The van der Waals surface area contributed by atoms with Crippen molar-refractivity contribution in [1.82, 2.24) is 19.3 Å². The number of hydrogen-bond donors (Lipinski definition) is 1. The maximum atomic E-state index is 12.6. The number of ether oxygens (including phenoxy) is 1. The van der Waals surface area contributed by atoms with Gasteiger partial charge in [0.15, 0.2) is 0 Å². The molecular formula is C26H26ClN5O4S. The van der Waals surface area contributed by atoms with Gasteiger partial charge in [0.1, 0.15) is 29.7 Å². The summed E-state index contributed by atoms with van der Waals surface area (Å²) in [4.78, 5) is 23.1. The third-order valence-corrected chi connectivity index (χ3v) is 7.29. The van der Waals surface area contributed by atoms with E-state index in [2.05, 4.69) is 14.7 Å². The van der Waals surface area contributed by atoms with E-state index in [1.165, 1.54) is 18.3 Å². The second-order valence-corrected chi connectivity index (χ2v) is 10.3. The highest BCUT2D eigenvalue weighted by molar-refractivity contribution is 7.90. The molecule has 2 aromatic carbocycles. The minimum atomic E-state index is -4.00. The van der Waals surface area contributed by atoms with Crippen LogP contribution >= 0.6 is 11.6 Å². The molecule has 0 atom stereocenters. The van der Waals surface area contributed by atoms with Crippen molar-refractivity contribution >= 4 is 33.3 Å². The summed E-state index contributed by atoms with van der Waals surface area (Å²) in [5.74, 6) is 1.23. The molecule has 1 amide bonds. The molecular weight excluding hydrogens is 514 g/mol. The molecule has 0 aliphatic rings. The normalized spacial score (nSPS) is 11.2. The van der Waals surface area contributed by atoms with Gasteiger partial charge in [0, 0.05) is 24.5 Å². The number of nitrogens with one attached hydrogen (secondary N) is 1. The van der Waals surface area contributed by atoms with Crippen LogP contribution in [0, 0.1) is 6.92 Å². The van der Waals surface area contributed by atoms with Gasteiger partial charge < -0.3 is 14.2 Å². The monoisotopic (exact) mass is 539 g/mol. The highest BCUT2D eigenvalue weighted by Crippen LogP contribution is 2.24. The first-order valence-corrected chi connectivity index (χ1v) is 13.3. The van der Waals surface area contributed by atoms with Crippen LogP contribution in [0.3, 0.4) is 0 Å². The van der Waals surface area contributed by atoms with Crippen LogP contribution in [0.4, 0.5) is 5.82 Å². The summed E-state index contributed by atoms with van der Waals surface area (Å²) >= 11 is 6.50. The van der Waals surface area contributed by atoms with Crippen molar-refractivity contribution < 1.29 is 17.9 Å². The second-order valence-electron chi connectivity index (χ2n) is 8.26. The summed E-state index contributed by atoms with van der Waals surface area (Å²) in [5.41, 5.74) is 0.786.